The SMILES string of the molecule is O=CC=Nc1cccc(O)c1O. The number of rotatable bonds is 2. The number of hydrogen-bond acceptors (Lipinski definition) is 4. The summed E-state index contributed by atoms with van der Waals surface area (Å²) in [5.74, 6) is -0.578. The summed E-state index contributed by atoms with van der Waals surface area (Å²) in [5.41, 5.74) is 0.169. The maximum absolute atomic E-state index is 9.88. The first kappa shape index (κ1) is 8.26. The molecule has 1 aromatic carbocycles. The van der Waals surface area contributed by atoms with Gasteiger partial charge in [0.25, 0.3) is 0 Å². The number of phenols is 2. The van der Waals surface area contributed by atoms with E-state index in [2.05, 4.69) is 4.99 Å². The van der Waals surface area contributed by atoms with Crippen molar-refractivity contribution in [3.8, 4) is 11.5 Å². The fourth-order valence-electron chi connectivity index (χ4n) is 0.734. The van der Waals surface area contributed by atoms with Gasteiger partial charge in [0.2, 0.25) is 0 Å². The van der Waals surface area contributed by atoms with E-state index in [-0.39, 0.29) is 17.2 Å². The number of nitrogens with zero attached hydrogens (tertiary/aromatic N) is 1. The summed E-state index contributed by atoms with van der Waals surface area (Å²) in [7, 11) is 0. The standard InChI is InChI=1S/C8H7NO3/c10-5-4-9-6-2-1-3-7(11)8(6)12/h1-5,11-12H. The third-order valence-electron chi connectivity index (χ3n) is 1.27. The molecule has 0 aromatic heterocycles. The highest BCUT2D eigenvalue weighted by Crippen LogP contribution is 2.34. The van der Waals surface area contributed by atoms with E-state index in [9.17, 15) is 4.79 Å². The van der Waals surface area contributed by atoms with Crippen molar-refractivity contribution in [2.45, 2.75) is 0 Å². The van der Waals surface area contributed by atoms with Crippen LogP contribution >= 0.6 is 0 Å². The molecule has 0 bridgehead atoms. The summed E-state index contributed by atoms with van der Waals surface area (Å²) in [4.78, 5) is 13.5. The molecular formula is C8H7NO3. The lowest BCUT2D eigenvalue weighted by atomic mass is 10.3. The highest BCUT2D eigenvalue weighted by atomic mass is 16.3. The van der Waals surface area contributed by atoms with E-state index < -0.39 is 0 Å². The molecule has 0 aliphatic heterocycles. The lowest BCUT2D eigenvalue weighted by molar-refractivity contribution is -0.102. The first-order valence-corrected chi connectivity index (χ1v) is 3.24. The van der Waals surface area contributed by atoms with Crippen LogP contribution in [0.3, 0.4) is 0 Å². The van der Waals surface area contributed by atoms with Crippen LogP contribution in [-0.4, -0.2) is 22.7 Å². The van der Waals surface area contributed by atoms with Crippen molar-refractivity contribution >= 4 is 18.2 Å². The van der Waals surface area contributed by atoms with Gasteiger partial charge in [0, 0.05) is 0 Å². The zero-order valence-electron chi connectivity index (χ0n) is 6.14. The van der Waals surface area contributed by atoms with Crippen LogP contribution in [0.15, 0.2) is 23.2 Å². The van der Waals surface area contributed by atoms with Crippen LogP contribution in [0.1, 0.15) is 0 Å². The molecule has 0 radical (unpaired) electrons. The maximum atomic E-state index is 9.88. The van der Waals surface area contributed by atoms with Crippen molar-refractivity contribution in [2.24, 2.45) is 4.99 Å². The molecule has 0 saturated carbocycles. The number of benzene rings is 1. The molecule has 0 amide bonds. The van der Waals surface area contributed by atoms with E-state index in [1.54, 1.807) is 0 Å². The zero-order valence-corrected chi connectivity index (χ0v) is 6.14. The summed E-state index contributed by atoms with van der Waals surface area (Å²) in [6.45, 7) is 0. The van der Waals surface area contributed by atoms with Gasteiger partial charge in [-0.25, -0.2) is 4.99 Å². The average Bonchev–Trinajstić information content (AvgIpc) is 2.08. The van der Waals surface area contributed by atoms with E-state index in [0.29, 0.717) is 6.29 Å². The van der Waals surface area contributed by atoms with Crippen LogP contribution in [0, 0.1) is 0 Å². The van der Waals surface area contributed by atoms with E-state index in [1.807, 2.05) is 0 Å². The highest BCUT2D eigenvalue weighted by Gasteiger charge is 2.02. The van der Waals surface area contributed by atoms with Gasteiger partial charge < -0.3 is 10.2 Å². The van der Waals surface area contributed by atoms with Crippen LogP contribution in [0.5, 0.6) is 11.5 Å². The molecule has 0 aliphatic rings. The lowest BCUT2D eigenvalue weighted by Crippen LogP contribution is -1.74. The molecule has 0 spiro atoms. The van der Waals surface area contributed by atoms with Crippen LogP contribution in [0.4, 0.5) is 5.69 Å². The summed E-state index contributed by atoms with van der Waals surface area (Å²) in [5, 5.41) is 18.1. The normalized spacial score (nSPS) is 10.3. The van der Waals surface area contributed by atoms with Crippen molar-refractivity contribution in [1.82, 2.24) is 0 Å². The van der Waals surface area contributed by atoms with E-state index in [1.165, 1.54) is 18.2 Å². The number of phenolic OH excluding ortho intramolecular Hbond substituents is 2. The number of para-hydroxylation sites is 1. The Labute approximate surface area is 68.8 Å². The Kier molecular flexibility index (Phi) is 2.42. The maximum Gasteiger partial charge on any atom is 0.183 e. The Morgan fingerprint density at radius 2 is 2.08 bits per heavy atom. The van der Waals surface area contributed by atoms with Crippen molar-refractivity contribution < 1.29 is 15.0 Å². The van der Waals surface area contributed by atoms with Crippen molar-refractivity contribution in [3.63, 3.8) is 0 Å². The van der Waals surface area contributed by atoms with Crippen LogP contribution in [0.25, 0.3) is 0 Å². The molecule has 2 N–H and O–H groups in total. The molecule has 1 rings (SSSR count). The molecule has 4 nitrogen and oxygen atoms in total. The average molecular weight is 165 g/mol. The molecule has 0 atom stereocenters. The zero-order chi connectivity index (χ0) is 8.97. The molecule has 4 heteroatoms. The minimum absolute atomic E-state index is 0.169. The van der Waals surface area contributed by atoms with Gasteiger partial charge in [0.05, 0.1) is 6.21 Å². The Morgan fingerprint density at radius 1 is 1.33 bits per heavy atom. The topological polar surface area (TPSA) is 69.9 Å². The first-order chi connectivity index (χ1) is 5.75. The number of hydrogen-bond donors (Lipinski definition) is 2. The Hall–Kier alpha value is -1.84. The van der Waals surface area contributed by atoms with Crippen molar-refractivity contribution in [2.75, 3.05) is 0 Å². The predicted octanol–water partition coefficient (Wildman–Crippen LogP) is 0.999. The molecule has 12 heavy (non-hydrogen) atoms. The molecule has 0 heterocycles. The molecule has 1 aromatic rings. The van der Waals surface area contributed by atoms with E-state index in [4.69, 9.17) is 10.2 Å². The molecule has 0 saturated heterocycles. The molecule has 62 valence electrons. The van der Waals surface area contributed by atoms with Gasteiger partial charge in [-0.1, -0.05) is 6.07 Å². The fourth-order valence-corrected chi connectivity index (χ4v) is 0.734. The van der Waals surface area contributed by atoms with Crippen molar-refractivity contribution in [3.05, 3.63) is 18.2 Å². The van der Waals surface area contributed by atoms with Gasteiger partial charge in [-0.05, 0) is 12.1 Å². The number of aromatic hydroxyl groups is 2. The molecule has 0 unspecified atom stereocenters. The second kappa shape index (κ2) is 3.52. The van der Waals surface area contributed by atoms with Gasteiger partial charge in [0.15, 0.2) is 17.8 Å². The molecule has 0 fully saturated rings. The predicted molar refractivity (Wildman–Crippen MR) is 44.0 cm³/mol. The second-order valence-corrected chi connectivity index (χ2v) is 2.06. The quantitative estimate of drug-likeness (QED) is 0.390. The number of carbonyl (C=O) groups excluding carboxylic acids is 1. The summed E-state index contributed by atoms with van der Waals surface area (Å²) in [6, 6.07) is 4.33. The lowest BCUT2D eigenvalue weighted by Gasteiger charge is -1.98. The minimum Gasteiger partial charge on any atom is -0.504 e. The van der Waals surface area contributed by atoms with Gasteiger partial charge in [-0.2, -0.15) is 0 Å². The van der Waals surface area contributed by atoms with Crippen LogP contribution < -0.4 is 0 Å². The fraction of sp³-hybridized carbons (Fsp3) is 0. The minimum atomic E-state index is -0.324. The van der Waals surface area contributed by atoms with Gasteiger partial charge in [-0.15, -0.1) is 0 Å². The third-order valence-corrected chi connectivity index (χ3v) is 1.27. The largest absolute Gasteiger partial charge is 0.504 e. The van der Waals surface area contributed by atoms with Crippen molar-refractivity contribution in [1.29, 1.82) is 0 Å². The molecular weight excluding hydrogens is 158 g/mol. The smallest absolute Gasteiger partial charge is 0.183 e. The van der Waals surface area contributed by atoms with Gasteiger partial charge >= 0.3 is 0 Å². The Balaban J connectivity index is 3.07. The number of aliphatic imine (C=N–C) groups is 1. The first-order valence-electron chi connectivity index (χ1n) is 3.24. The molecule has 0 aliphatic carbocycles. The monoisotopic (exact) mass is 165 g/mol. The summed E-state index contributed by atoms with van der Waals surface area (Å²) in [6.07, 6.45) is 1.48. The van der Waals surface area contributed by atoms with Gasteiger partial charge in [-0.3, -0.25) is 4.79 Å². The highest BCUT2D eigenvalue weighted by molar-refractivity contribution is 6.13. The van der Waals surface area contributed by atoms with Crippen LogP contribution in [0.2, 0.25) is 0 Å². The number of carbonyl (C=O) groups is 1. The van der Waals surface area contributed by atoms with E-state index in [0.717, 1.165) is 6.21 Å². The third kappa shape index (κ3) is 1.60. The van der Waals surface area contributed by atoms with Crippen LogP contribution in [-0.2, 0) is 4.79 Å². The second-order valence-electron chi connectivity index (χ2n) is 2.06. The summed E-state index contributed by atoms with van der Waals surface area (Å²) >= 11 is 0. The van der Waals surface area contributed by atoms with E-state index >= 15 is 0 Å². The number of aldehydes is 1. The summed E-state index contributed by atoms with van der Waals surface area (Å²) < 4.78 is 0. The Morgan fingerprint density at radius 3 is 2.75 bits per heavy atom. The van der Waals surface area contributed by atoms with Gasteiger partial charge in [0.1, 0.15) is 5.69 Å². The Bertz CT molecular complexity index is 320.